The van der Waals surface area contributed by atoms with E-state index in [1.807, 2.05) is 0 Å². The maximum absolute atomic E-state index is 15.7. The number of aliphatic hydroxyl groups is 2. The summed E-state index contributed by atoms with van der Waals surface area (Å²) in [4.78, 5) is 63.9. The average Bonchev–Trinajstić information content (AvgIpc) is 3.55. The molecule has 0 saturated heterocycles. The minimum atomic E-state index is -6.22. The van der Waals surface area contributed by atoms with E-state index in [0.29, 0.717) is 29.2 Å². The maximum Gasteiger partial charge on any atom is 0.454 e. The Hall–Kier alpha value is -6.13. The van der Waals surface area contributed by atoms with E-state index in [0.717, 1.165) is 44.2 Å². The molecule has 4 unspecified atom stereocenters. The molecule has 23 heteroatoms. The molecule has 3 aromatic rings. The Labute approximate surface area is 286 Å². The summed E-state index contributed by atoms with van der Waals surface area (Å²) in [6.45, 7) is 0.936. The smallest absolute Gasteiger partial charge is 0.454 e. The molecule has 4 rings (SSSR count). The summed E-state index contributed by atoms with van der Waals surface area (Å²) in [5, 5.41) is 50.1. The highest BCUT2D eigenvalue weighted by Crippen LogP contribution is 2.56. The van der Waals surface area contributed by atoms with Crippen LogP contribution in [0.5, 0.6) is 0 Å². The zero-order valence-corrected chi connectivity index (χ0v) is 26.4. The zero-order chi connectivity index (χ0) is 38.9. The lowest BCUT2D eigenvalue weighted by molar-refractivity contribution is -0.385. The Morgan fingerprint density at radius 2 is 1.54 bits per heavy atom. The van der Waals surface area contributed by atoms with Crippen molar-refractivity contribution < 1.29 is 70.3 Å². The zero-order valence-electron chi connectivity index (χ0n) is 26.4. The molecule has 4 atom stereocenters. The maximum atomic E-state index is 15.7. The number of benzene rings is 2. The van der Waals surface area contributed by atoms with Crippen molar-refractivity contribution in [3.63, 3.8) is 0 Å². The van der Waals surface area contributed by atoms with Gasteiger partial charge in [-0.1, -0.05) is 24.3 Å². The number of alkyl halides is 6. The number of ketones is 1. The van der Waals surface area contributed by atoms with Gasteiger partial charge in [0, 0.05) is 24.3 Å². The van der Waals surface area contributed by atoms with Gasteiger partial charge in [0.1, 0.15) is 12.2 Å². The molecule has 1 aromatic heterocycles. The second-order valence-electron chi connectivity index (χ2n) is 10.7. The van der Waals surface area contributed by atoms with Crippen LogP contribution in [0.4, 0.5) is 43.7 Å². The molecule has 17 nitrogen and oxygen atoms in total. The van der Waals surface area contributed by atoms with Gasteiger partial charge in [-0.3, -0.25) is 34.7 Å². The third kappa shape index (κ3) is 6.80. The number of hydrogen-bond donors (Lipinski definition) is 2. The molecule has 1 aliphatic heterocycles. The lowest BCUT2D eigenvalue weighted by atomic mass is 9.78. The molecule has 278 valence electrons. The van der Waals surface area contributed by atoms with Gasteiger partial charge < -0.3 is 19.7 Å². The van der Waals surface area contributed by atoms with Gasteiger partial charge in [-0.15, -0.1) is 0 Å². The van der Waals surface area contributed by atoms with Gasteiger partial charge in [-0.25, -0.2) is 9.48 Å². The van der Waals surface area contributed by atoms with Crippen molar-refractivity contribution in [2.24, 2.45) is 5.92 Å². The summed E-state index contributed by atoms with van der Waals surface area (Å²) in [6.07, 6.45) is -11.8. The number of esters is 2. The Kier molecular flexibility index (Phi) is 10.6. The Bertz CT molecular complexity index is 1950. The van der Waals surface area contributed by atoms with Crippen molar-refractivity contribution >= 4 is 35.0 Å². The molecule has 0 bridgehead atoms. The number of non-ortho nitro benzene ring substituents is 2. The number of nitro benzene ring substituents is 2. The lowest BCUT2D eigenvalue weighted by Gasteiger charge is -2.53. The summed E-state index contributed by atoms with van der Waals surface area (Å²) < 4.78 is 99.9. The van der Waals surface area contributed by atoms with Crippen molar-refractivity contribution in [3.8, 4) is 0 Å². The van der Waals surface area contributed by atoms with Crippen LogP contribution in [0.1, 0.15) is 37.1 Å². The summed E-state index contributed by atoms with van der Waals surface area (Å²) >= 11 is 0. The predicted molar refractivity (Wildman–Crippen MR) is 158 cm³/mol. The predicted octanol–water partition coefficient (Wildman–Crippen LogP) is 4.18. The van der Waals surface area contributed by atoms with Crippen LogP contribution in [0.25, 0.3) is 0 Å². The largest absolute Gasteiger partial charge is 0.501 e. The number of Topliss-reactive ketones (excluding diaryl/α,β-unsaturated/α-hetero) is 1. The van der Waals surface area contributed by atoms with E-state index in [2.05, 4.69) is 14.8 Å². The van der Waals surface area contributed by atoms with E-state index in [1.54, 1.807) is 0 Å². The number of nitro groups is 2. The fourth-order valence-electron chi connectivity index (χ4n) is 5.66. The molecule has 2 N–H and O–H groups in total. The second kappa shape index (κ2) is 14.2. The van der Waals surface area contributed by atoms with Crippen LogP contribution >= 0.6 is 0 Å². The number of aromatic nitrogens is 3. The van der Waals surface area contributed by atoms with Crippen molar-refractivity contribution in [2.45, 2.75) is 44.0 Å². The standard InChI is InChI=1S/C29H24F6N6O11/c1-3-51-24(44)19-21(15-8-6-10-17(12-15)41(49)50)39-26(36-13-37-39)38(27(19,46)29(33,34)35)20(14-7-5-9-16(11-14)40(47)48)18(23(43)28(30,31)32)22(42)25(45)52-4-2/h5-13,19-21,42,46H,3-4H2,1-2H3/b22-18+. The Morgan fingerprint density at radius 3 is 2.08 bits per heavy atom. The molecule has 2 heterocycles. The molecule has 0 spiro atoms. The number of nitrogens with zero attached hydrogens (tertiary/aromatic N) is 6. The van der Waals surface area contributed by atoms with E-state index in [4.69, 9.17) is 4.74 Å². The molecule has 2 aromatic carbocycles. The van der Waals surface area contributed by atoms with Crippen molar-refractivity contribution in [3.05, 3.63) is 97.5 Å². The van der Waals surface area contributed by atoms with E-state index in [-0.39, 0.29) is 0 Å². The highest BCUT2D eigenvalue weighted by molar-refractivity contribution is 6.07. The summed E-state index contributed by atoms with van der Waals surface area (Å²) in [6, 6.07) is 0.667. The van der Waals surface area contributed by atoms with Gasteiger partial charge in [0.25, 0.3) is 22.9 Å². The fraction of sp³-hybridized carbons (Fsp3) is 0.345. The van der Waals surface area contributed by atoms with Gasteiger partial charge in [0.2, 0.25) is 11.7 Å². The number of carbonyl (C=O) groups is 3. The molecule has 0 saturated carbocycles. The minimum absolute atomic E-state index is 0.371. The summed E-state index contributed by atoms with van der Waals surface area (Å²) in [5.41, 5.74) is -10.5. The second-order valence-corrected chi connectivity index (χ2v) is 10.7. The Balaban J connectivity index is 2.28. The number of halogens is 6. The third-order valence-electron chi connectivity index (χ3n) is 7.68. The first-order chi connectivity index (χ1) is 24.2. The summed E-state index contributed by atoms with van der Waals surface area (Å²) in [5.74, 6) is -13.8. The molecule has 0 aliphatic carbocycles. The van der Waals surface area contributed by atoms with Gasteiger partial charge in [-0.05, 0) is 25.0 Å². The van der Waals surface area contributed by atoms with E-state index in [1.165, 1.54) is 0 Å². The van der Waals surface area contributed by atoms with Gasteiger partial charge in [0.15, 0.2) is 0 Å². The van der Waals surface area contributed by atoms with E-state index >= 15 is 13.2 Å². The first kappa shape index (κ1) is 38.7. The van der Waals surface area contributed by atoms with Crippen LogP contribution < -0.4 is 4.90 Å². The number of carbonyl (C=O) groups excluding carboxylic acids is 3. The van der Waals surface area contributed by atoms with Crippen LogP contribution in [0, 0.1) is 26.1 Å². The van der Waals surface area contributed by atoms with E-state index in [9.17, 15) is 58.0 Å². The number of ether oxygens (including phenoxy) is 2. The van der Waals surface area contributed by atoms with Gasteiger partial charge in [0.05, 0.1) is 40.7 Å². The normalized spacial score (nSPS) is 19.9. The van der Waals surface area contributed by atoms with Crippen LogP contribution in [-0.2, 0) is 23.9 Å². The number of aliphatic hydroxyl groups excluding tert-OH is 1. The highest BCUT2D eigenvalue weighted by atomic mass is 19.4. The molecular weight excluding hydrogens is 722 g/mol. The quantitative estimate of drug-likeness (QED) is 0.0700. The minimum Gasteiger partial charge on any atom is -0.501 e. The monoisotopic (exact) mass is 746 g/mol. The molecule has 0 fully saturated rings. The first-order valence-corrected chi connectivity index (χ1v) is 14.6. The van der Waals surface area contributed by atoms with Crippen LogP contribution in [0.2, 0.25) is 0 Å². The van der Waals surface area contributed by atoms with E-state index < -0.39 is 122 Å². The molecule has 0 amide bonds. The van der Waals surface area contributed by atoms with Crippen molar-refractivity contribution in [2.75, 3.05) is 18.1 Å². The number of anilines is 1. The first-order valence-electron chi connectivity index (χ1n) is 14.6. The Morgan fingerprint density at radius 1 is 0.962 bits per heavy atom. The van der Waals surface area contributed by atoms with Gasteiger partial charge >= 0.3 is 24.3 Å². The molecule has 1 aliphatic rings. The SMILES string of the molecule is CCOC(=O)/C(O)=C(\C(=O)C(F)(F)F)C(c1cccc([N+](=O)[O-])c1)N1c2ncnn2C(c2cccc([N+](=O)[O-])c2)C(C(=O)OCC)C1(O)C(F)(F)F. The van der Waals surface area contributed by atoms with Gasteiger partial charge in [-0.2, -0.15) is 36.4 Å². The number of fused-ring (bicyclic) bond motifs is 1. The fourth-order valence-corrected chi connectivity index (χ4v) is 5.66. The molecular formula is C29H24F6N6O11. The topological polar surface area (TPSA) is 230 Å². The van der Waals surface area contributed by atoms with Crippen molar-refractivity contribution in [1.29, 1.82) is 0 Å². The van der Waals surface area contributed by atoms with Crippen LogP contribution in [0.3, 0.4) is 0 Å². The number of rotatable bonds is 11. The molecule has 52 heavy (non-hydrogen) atoms. The number of hydrogen-bond acceptors (Lipinski definition) is 14. The van der Waals surface area contributed by atoms with Crippen molar-refractivity contribution in [1.82, 2.24) is 14.8 Å². The van der Waals surface area contributed by atoms with Crippen LogP contribution in [0.15, 0.2) is 66.2 Å². The summed E-state index contributed by atoms with van der Waals surface area (Å²) in [7, 11) is 0. The third-order valence-corrected chi connectivity index (χ3v) is 7.68. The molecule has 0 radical (unpaired) electrons. The lowest BCUT2D eigenvalue weighted by Crippen LogP contribution is -2.71. The highest BCUT2D eigenvalue weighted by Gasteiger charge is 2.72. The average molecular weight is 747 g/mol. The van der Waals surface area contributed by atoms with Crippen LogP contribution in [-0.4, -0.2) is 83.8 Å².